The zero-order valence-corrected chi connectivity index (χ0v) is 14.6. The maximum absolute atomic E-state index is 12.8. The largest absolute Gasteiger partial charge is 0.374 e. The molecule has 0 aromatic heterocycles. The third kappa shape index (κ3) is 1.85. The number of fused-ring (bicyclic) bond motifs is 5. The Balaban J connectivity index is 1.65. The second-order valence-corrected chi connectivity index (χ2v) is 9.18. The van der Waals surface area contributed by atoms with Crippen molar-refractivity contribution >= 4 is 5.78 Å². The van der Waals surface area contributed by atoms with Gasteiger partial charge in [-0.2, -0.15) is 0 Å². The topological polar surface area (TPSA) is 26.3 Å². The normalized spacial score (nSPS) is 54.5. The van der Waals surface area contributed by atoms with Crippen molar-refractivity contribution in [2.24, 2.45) is 34.5 Å². The Kier molecular flexibility index (Phi) is 3.49. The van der Waals surface area contributed by atoms with Crippen molar-refractivity contribution < 1.29 is 9.53 Å². The summed E-state index contributed by atoms with van der Waals surface area (Å²) in [5.74, 6) is 3.61. The van der Waals surface area contributed by atoms with Crippen LogP contribution in [0.5, 0.6) is 0 Å². The van der Waals surface area contributed by atoms with Gasteiger partial charge in [0.15, 0.2) is 5.78 Å². The van der Waals surface area contributed by atoms with Gasteiger partial charge in [0, 0.05) is 12.5 Å². The molecule has 2 heteroatoms. The SMILES string of the molecule is COC1C[C@H]2[C@@H]3CCC4CCCC[C@]4(C)[C@@H]3CC[C@]2(C)C1=O. The van der Waals surface area contributed by atoms with E-state index in [9.17, 15) is 4.79 Å². The molecule has 124 valence electrons. The molecule has 0 saturated heterocycles. The summed E-state index contributed by atoms with van der Waals surface area (Å²) in [6.07, 6.45) is 11.8. The first-order valence-corrected chi connectivity index (χ1v) is 9.58. The summed E-state index contributed by atoms with van der Waals surface area (Å²) in [7, 11) is 1.72. The average molecular weight is 304 g/mol. The van der Waals surface area contributed by atoms with E-state index < -0.39 is 0 Å². The van der Waals surface area contributed by atoms with Gasteiger partial charge < -0.3 is 4.74 Å². The Morgan fingerprint density at radius 2 is 1.82 bits per heavy atom. The van der Waals surface area contributed by atoms with E-state index in [0.29, 0.717) is 17.1 Å². The minimum Gasteiger partial charge on any atom is -0.374 e. The fourth-order valence-corrected chi connectivity index (χ4v) is 7.26. The van der Waals surface area contributed by atoms with Crippen molar-refractivity contribution in [1.29, 1.82) is 0 Å². The molecule has 22 heavy (non-hydrogen) atoms. The average Bonchev–Trinajstić information content (AvgIpc) is 2.78. The maximum Gasteiger partial charge on any atom is 0.167 e. The lowest BCUT2D eigenvalue weighted by molar-refractivity contribution is -0.142. The molecular formula is C20H32O2. The molecule has 0 heterocycles. The molecule has 4 saturated carbocycles. The van der Waals surface area contributed by atoms with E-state index in [0.717, 1.165) is 30.6 Å². The van der Waals surface area contributed by atoms with Crippen LogP contribution in [0.2, 0.25) is 0 Å². The number of ketones is 1. The molecule has 4 aliphatic carbocycles. The number of rotatable bonds is 1. The van der Waals surface area contributed by atoms with E-state index in [1.54, 1.807) is 7.11 Å². The van der Waals surface area contributed by atoms with Gasteiger partial charge in [0.25, 0.3) is 0 Å². The van der Waals surface area contributed by atoms with Crippen LogP contribution < -0.4 is 0 Å². The molecule has 4 aliphatic rings. The maximum atomic E-state index is 12.8. The van der Waals surface area contributed by atoms with Gasteiger partial charge in [0.1, 0.15) is 6.10 Å². The first-order chi connectivity index (χ1) is 10.5. The van der Waals surface area contributed by atoms with Crippen LogP contribution in [0.4, 0.5) is 0 Å². The Hall–Kier alpha value is -0.370. The van der Waals surface area contributed by atoms with E-state index in [4.69, 9.17) is 4.74 Å². The van der Waals surface area contributed by atoms with Crippen molar-refractivity contribution in [3.05, 3.63) is 0 Å². The number of carbonyl (C=O) groups excluding carboxylic acids is 1. The zero-order chi connectivity index (χ0) is 15.5. The molecule has 0 aliphatic heterocycles. The molecule has 7 atom stereocenters. The van der Waals surface area contributed by atoms with Crippen LogP contribution >= 0.6 is 0 Å². The quantitative estimate of drug-likeness (QED) is 0.707. The Labute approximate surface area is 135 Å². The van der Waals surface area contributed by atoms with Crippen LogP contribution in [0.3, 0.4) is 0 Å². The third-order valence-electron chi connectivity index (χ3n) is 8.58. The van der Waals surface area contributed by atoms with Crippen molar-refractivity contribution in [2.75, 3.05) is 7.11 Å². The predicted octanol–water partition coefficient (Wildman–Crippen LogP) is 4.61. The fourth-order valence-electron chi connectivity index (χ4n) is 7.26. The van der Waals surface area contributed by atoms with Crippen LogP contribution in [0.1, 0.15) is 71.6 Å². The number of hydrogen-bond acceptors (Lipinski definition) is 2. The molecule has 4 fully saturated rings. The van der Waals surface area contributed by atoms with E-state index in [1.807, 2.05) is 0 Å². The molecule has 2 unspecified atom stereocenters. The highest BCUT2D eigenvalue weighted by Gasteiger charge is 2.62. The van der Waals surface area contributed by atoms with Gasteiger partial charge in [-0.05, 0) is 74.0 Å². The summed E-state index contributed by atoms with van der Waals surface area (Å²) in [4.78, 5) is 12.8. The van der Waals surface area contributed by atoms with Gasteiger partial charge in [0.05, 0.1) is 0 Å². The minimum atomic E-state index is -0.120. The lowest BCUT2D eigenvalue weighted by atomic mass is 9.45. The number of Topliss-reactive ketones (excluding diaryl/α,β-unsaturated/α-hetero) is 1. The van der Waals surface area contributed by atoms with Gasteiger partial charge in [0.2, 0.25) is 0 Å². The van der Waals surface area contributed by atoms with Gasteiger partial charge in [-0.3, -0.25) is 4.79 Å². The zero-order valence-electron chi connectivity index (χ0n) is 14.6. The Bertz CT molecular complexity index is 472. The Morgan fingerprint density at radius 3 is 2.59 bits per heavy atom. The molecule has 0 spiro atoms. The molecule has 0 bridgehead atoms. The van der Waals surface area contributed by atoms with E-state index >= 15 is 0 Å². The van der Waals surface area contributed by atoms with Crippen LogP contribution in [-0.2, 0) is 9.53 Å². The van der Waals surface area contributed by atoms with Crippen LogP contribution in [0.15, 0.2) is 0 Å². The molecule has 4 rings (SSSR count). The van der Waals surface area contributed by atoms with E-state index in [2.05, 4.69) is 13.8 Å². The summed E-state index contributed by atoms with van der Waals surface area (Å²) >= 11 is 0. The first-order valence-electron chi connectivity index (χ1n) is 9.58. The van der Waals surface area contributed by atoms with Crippen molar-refractivity contribution in [2.45, 2.75) is 77.7 Å². The van der Waals surface area contributed by atoms with Crippen LogP contribution in [0.25, 0.3) is 0 Å². The lowest BCUT2D eigenvalue weighted by Gasteiger charge is -2.59. The van der Waals surface area contributed by atoms with Crippen molar-refractivity contribution in [1.82, 2.24) is 0 Å². The van der Waals surface area contributed by atoms with E-state index in [-0.39, 0.29) is 11.5 Å². The predicted molar refractivity (Wildman–Crippen MR) is 87.5 cm³/mol. The number of ether oxygens (including phenoxy) is 1. The second kappa shape index (κ2) is 5.06. The summed E-state index contributed by atoms with van der Waals surface area (Å²) in [6.45, 7) is 4.85. The van der Waals surface area contributed by atoms with Gasteiger partial charge in [-0.25, -0.2) is 0 Å². The standard InChI is InChI=1S/C20H32O2/c1-19-10-5-4-6-13(19)7-8-14-15(19)9-11-20(2)16(14)12-17(22-3)18(20)21/h13-17H,4-12H2,1-3H3/t13?,14-,15-,16+,17?,19+,20+/m1/s1. The third-order valence-corrected chi connectivity index (χ3v) is 8.58. The van der Waals surface area contributed by atoms with E-state index in [1.165, 1.54) is 44.9 Å². The summed E-state index contributed by atoms with van der Waals surface area (Å²) < 4.78 is 5.54. The van der Waals surface area contributed by atoms with Crippen molar-refractivity contribution in [3.63, 3.8) is 0 Å². The number of methoxy groups -OCH3 is 1. The highest BCUT2D eigenvalue weighted by molar-refractivity contribution is 5.91. The first kappa shape index (κ1) is 15.2. The van der Waals surface area contributed by atoms with Gasteiger partial charge >= 0.3 is 0 Å². The smallest absolute Gasteiger partial charge is 0.167 e. The minimum absolute atomic E-state index is 0.0836. The van der Waals surface area contributed by atoms with Gasteiger partial charge in [-0.15, -0.1) is 0 Å². The second-order valence-electron chi connectivity index (χ2n) is 9.18. The molecule has 0 N–H and O–H groups in total. The monoisotopic (exact) mass is 304 g/mol. The van der Waals surface area contributed by atoms with Crippen LogP contribution in [-0.4, -0.2) is 19.0 Å². The fraction of sp³-hybridized carbons (Fsp3) is 0.950. The summed E-state index contributed by atoms with van der Waals surface area (Å²) in [6, 6.07) is 0. The lowest BCUT2D eigenvalue weighted by Crippen LogP contribution is -2.52. The molecular weight excluding hydrogens is 272 g/mol. The molecule has 0 amide bonds. The number of carbonyl (C=O) groups is 1. The van der Waals surface area contributed by atoms with Crippen LogP contribution in [0, 0.1) is 34.5 Å². The Morgan fingerprint density at radius 1 is 1.00 bits per heavy atom. The molecule has 0 radical (unpaired) electrons. The molecule has 0 aromatic rings. The highest BCUT2D eigenvalue weighted by Crippen LogP contribution is 2.65. The number of hydrogen-bond donors (Lipinski definition) is 0. The molecule has 0 aromatic carbocycles. The highest BCUT2D eigenvalue weighted by atomic mass is 16.5. The van der Waals surface area contributed by atoms with Gasteiger partial charge in [-0.1, -0.05) is 26.7 Å². The summed E-state index contributed by atoms with van der Waals surface area (Å²) in [5, 5.41) is 0. The summed E-state index contributed by atoms with van der Waals surface area (Å²) in [5.41, 5.74) is 0.483. The molecule has 2 nitrogen and oxygen atoms in total. The van der Waals surface area contributed by atoms with Crippen molar-refractivity contribution in [3.8, 4) is 0 Å².